The average molecular weight is 297 g/mol. The Morgan fingerprint density at radius 3 is 2.64 bits per heavy atom. The Balaban J connectivity index is 2.06. The molecule has 1 N–H and O–H groups in total. The summed E-state index contributed by atoms with van der Waals surface area (Å²) in [6, 6.07) is 13.2. The molecule has 0 heterocycles. The number of amides is 1. The van der Waals surface area contributed by atoms with Crippen LogP contribution in [0, 0.1) is 0 Å². The van der Waals surface area contributed by atoms with Gasteiger partial charge < -0.3 is 10.1 Å². The maximum absolute atomic E-state index is 12.1. The molecular weight excluding hydrogens is 278 g/mol. The normalized spacial score (nSPS) is 11.7. The van der Waals surface area contributed by atoms with Crippen LogP contribution in [0.3, 0.4) is 0 Å². The summed E-state index contributed by atoms with van der Waals surface area (Å²) < 4.78 is 4.67. The lowest BCUT2D eigenvalue weighted by molar-refractivity contribution is -0.144. The fourth-order valence-corrected chi connectivity index (χ4v) is 2.30. The number of hydrogen-bond donors (Lipinski definition) is 1. The van der Waals surface area contributed by atoms with Crippen LogP contribution < -0.4 is 5.32 Å². The molecular formula is C18H19NO3. The zero-order chi connectivity index (χ0) is 15.9. The molecule has 22 heavy (non-hydrogen) atoms. The van der Waals surface area contributed by atoms with Crippen molar-refractivity contribution in [2.45, 2.75) is 18.9 Å². The van der Waals surface area contributed by atoms with E-state index in [0.717, 1.165) is 16.3 Å². The largest absolute Gasteiger partial charge is 0.467 e. The number of carbonyl (C=O) groups excluding carboxylic acids is 2. The molecule has 0 aromatic heterocycles. The van der Waals surface area contributed by atoms with Crippen molar-refractivity contribution in [3.63, 3.8) is 0 Å². The van der Waals surface area contributed by atoms with Gasteiger partial charge in [0.2, 0.25) is 5.91 Å². The third-order valence-electron chi connectivity index (χ3n) is 3.40. The van der Waals surface area contributed by atoms with Gasteiger partial charge >= 0.3 is 5.97 Å². The predicted octanol–water partition coefficient (Wildman–Crippen LogP) is 2.62. The Kier molecular flexibility index (Phi) is 5.31. The van der Waals surface area contributed by atoms with Gasteiger partial charge in [0.05, 0.1) is 13.5 Å². The van der Waals surface area contributed by atoms with Crippen molar-refractivity contribution in [1.82, 2.24) is 5.32 Å². The second-order valence-electron chi connectivity index (χ2n) is 5.03. The number of methoxy groups -OCH3 is 1. The predicted molar refractivity (Wildman–Crippen MR) is 86.4 cm³/mol. The van der Waals surface area contributed by atoms with Crippen LogP contribution >= 0.6 is 0 Å². The Hall–Kier alpha value is -2.62. The van der Waals surface area contributed by atoms with Gasteiger partial charge in [-0.1, -0.05) is 48.5 Å². The lowest BCUT2D eigenvalue weighted by Gasteiger charge is -2.14. The van der Waals surface area contributed by atoms with Gasteiger partial charge in [0.25, 0.3) is 0 Å². The Morgan fingerprint density at radius 1 is 1.23 bits per heavy atom. The third-order valence-corrected chi connectivity index (χ3v) is 3.40. The molecule has 0 unspecified atom stereocenters. The number of carbonyl (C=O) groups is 2. The average Bonchev–Trinajstić information content (AvgIpc) is 2.53. The SMILES string of the molecule is C=CC[C@@H](NC(=O)Cc1ccc2ccccc2c1)C(=O)OC. The van der Waals surface area contributed by atoms with Crippen molar-refractivity contribution in [3.05, 3.63) is 60.7 Å². The van der Waals surface area contributed by atoms with E-state index in [1.165, 1.54) is 7.11 Å². The maximum atomic E-state index is 12.1. The van der Waals surface area contributed by atoms with E-state index in [4.69, 9.17) is 0 Å². The molecule has 0 spiro atoms. The second kappa shape index (κ2) is 7.41. The maximum Gasteiger partial charge on any atom is 0.328 e. The zero-order valence-electron chi connectivity index (χ0n) is 12.5. The van der Waals surface area contributed by atoms with Gasteiger partial charge in [0.15, 0.2) is 0 Å². The number of hydrogen-bond acceptors (Lipinski definition) is 3. The van der Waals surface area contributed by atoms with Crippen molar-refractivity contribution in [1.29, 1.82) is 0 Å². The van der Waals surface area contributed by atoms with Crippen LogP contribution in [0.15, 0.2) is 55.1 Å². The molecule has 4 nitrogen and oxygen atoms in total. The molecule has 0 aliphatic rings. The van der Waals surface area contributed by atoms with Crippen molar-refractivity contribution in [2.75, 3.05) is 7.11 Å². The van der Waals surface area contributed by atoms with E-state index in [9.17, 15) is 9.59 Å². The Bertz CT molecular complexity index is 694. The van der Waals surface area contributed by atoms with E-state index in [-0.39, 0.29) is 12.3 Å². The van der Waals surface area contributed by atoms with Gasteiger partial charge in [0.1, 0.15) is 6.04 Å². The highest BCUT2D eigenvalue weighted by Crippen LogP contribution is 2.16. The molecule has 0 aliphatic heterocycles. The fourth-order valence-electron chi connectivity index (χ4n) is 2.30. The van der Waals surface area contributed by atoms with E-state index < -0.39 is 12.0 Å². The second-order valence-corrected chi connectivity index (χ2v) is 5.03. The number of ether oxygens (including phenoxy) is 1. The van der Waals surface area contributed by atoms with E-state index in [0.29, 0.717) is 6.42 Å². The topological polar surface area (TPSA) is 55.4 Å². The number of nitrogens with one attached hydrogen (secondary N) is 1. The van der Waals surface area contributed by atoms with Crippen LogP contribution in [0.1, 0.15) is 12.0 Å². The molecule has 0 radical (unpaired) electrons. The first-order valence-corrected chi connectivity index (χ1v) is 7.10. The van der Waals surface area contributed by atoms with Crippen molar-refractivity contribution >= 4 is 22.6 Å². The van der Waals surface area contributed by atoms with Crippen LogP contribution in [0.5, 0.6) is 0 Å². The molecule has 0 aliphatic carbocycles. The van der Waals surface area contributed by atoms with E-state index in [1.807, 2.05) is 42.5 Å². The van der Waals surface area contributed by atoms with Crippen molar-refractivity contribution in [2.24, 2.45) is 0 Å². The molecule has 1 atom stereocenters. The first kappa shape index (κ1) is 15.8. The molecule has 2 aromatic carbocycles. The lowest BCUT2D eigenvalue weighted by Crippen LogP contribution is -2.41. The Morgan fingerprint density at radius 2 is 1.95 bits per heavy atom. The van der Waals surface area contributed by atoms with Crippen LogP contribution in [0.4, 0.5) is 0 Å². The van der Waals surface area contributed by atoms with Gasteiger partial charge in [-0.25, -0.2) is 4.79 Å². The first-order chi connectivity index (χ1) is 10.6. The first-order valence-electron chi connectivity index (χ1n) is 7.10. The van der Waals surface area contributed by atoms with Crippen LogP contribution in [0.25, 0.3) is 10.8 Å². The molecule has 1 amide bonds. The Labute approximate surface area is 129 Å². The fraction of sp³-hybridized carbons (Fsp3) is 0.222. The highest BCUT2D eigenvalue weighted by molar-refractivity contribution is 5.87. The quantitative estimate of drug-likeness (QED) is 0.658. The molecule has 2 aromatic rings. The smallest absolute Gasteiger partial charge is 0.328 e. The number of rotatable bonds is 6. The van der Waals surface area contributed by atoms with Gasteiger partial charge in [-0.3, -0.25) is 4.79 Å². The van der Waals surface area contributed by atoms with E-state index in [1.54, 1.807) is 6.08 Å². The van der Waals surface area contributed by atoms with Crippen LogP contribution in [0.2, 0.25) is 0 Å². The van der Waals surface area contributed by atoms with Gasteiger partial charge in [-0.2, -0.15) is 0 Å². The van der Waals surface area contributed by atoms with E-state index >= 15 is 0 Å². The number of fused-ring (bicyclic) bond motifs is 1. The minimum atomic E-state index is -0.685. The van der Waals surface area contributed by atoms with Crippen molar-refractivity contribution < 1.29 is 14.3 Å². The molecule has 0 bridgehead atoms. The van der Waals surface area contributed by atoms with Gasteiger partial charge in [0, 0.05) is 0 Å². The summed E-state index contributed by atoms with van der Waals surface area (Å²) in [5.41, 5.74) is 0.901. The van der Waals surface area contributed by atoms with Crippen LogP contribution in [-0.2, 0) is 20.7 Å². The molecule has 2 rings (SSSR count). The molecule has 0 saturated heterocycles. The minimum absolute atomic E-state index is 0.215. The molecule has 0 fully saturated rings. The van der Waals surface area contributed by atoms with Gasteiger partial charge in [-0.05, 0) is 22.8 Å². The zero-order valence-corrected chi connectivity index (χ0v) is 12.5. The summed E-state index contributed by atoms with van der Waals surface area (Å²) in [4.78, 5) is 23.7. The summed E-state index contributed by atoms with van der Waals surface area (Å²) in [5, 5.41) is 4.90. The van der Waals surface area contributed by atoms with Crippen LogP contribution in [-0.4, -0.2) is 25.0 Å². The van der Waals surface area contributed by atoms with Crippen molar-refractivity contribution in [3.8, 4) is 0 Å². The molecule has 4 heteroatoms. The standard InChI is InChI=1S/C18H19NO3/c1-3-6-16(18(21)22-2)19-17(20)12-13-9-10-14-7-4-5-8-15(14)11-13/h3-5,7-11,16H,1,6,12H2,2H3,(H,19,20)/t16-/m1/s1. The summed E-state index contributed by atoms with van der Waals surface area (Å²) in [6.07, 6.45) is 2.14. The minimum Gasteiger partial charge on any atom is -0.467 e. The van der Waals surface area contributed by atoms with E-state index in [2.05, 4.69) is 16.6 Å². The summed E-state index contributed by atoms with van der Waals surface area (Å²) in [7, 11) is 1.30. The summed E-state index contributed by atoms with van der Waals surface area (Å²) in [5.74, 6) is -0.681. The number of esters is 1. The summed E-state index contributed by atoms with van der Waals surface area (Å²) in [6.45, 7) is 3.58. The van der Waals surface area contributed by atoms with Gasteiger partial charge in [-0.15, -0.1) is 6.58 Å². The highest BCUT2D eigenvalue weighted by Gasteiger charge is 2.19. The monoisotopic (exact) mass is 297 g/mol. The third kappa shape index (κ3) is 3.95. The summed E-state index contributed by atoms with van der Waals surface area (Å²) >= 11 is 0. The molecule has 0 saturated carbocycles. The lowest BCUT2D eigenvalue weighted by atomic mass is 10.0. The molecule has 114 valence electrons. The number of benzene rings is 2. The highest BCUT2D eigenvalue weighted by atomic mass is 16.5.